The minimum atomic E-state index is 1.22. The predicted octanol–water partition coefficient (Wildman–Crippen LogP) is 2.70. The molecule has 1 radical (unpaired) electrons. The zero-order chi connectivity index (χ0) is 5.54. The zero-order valence-corrected chi connectivity index (χ0v) is 5.92. The molecule has 0 nitrogen and oxygen atoms in total. The van der Waals surface area contributed by atoms with Crippen LogP contribution in [0.1, 0.15) is 26.7 Å². The van der Waals surface area contributed by atoms with Crippen molar-refractivity contribution in [1.29, 1.82) is 0 Å². The molecule has 0 aliphatic rings. The molecule has 0 atom stereocenters. The Balaban J connectivity index is 2.45. The highest BCUT2D eigenvalue weighted by Crippen LogP contribution is 2.08. The van der Waals surface area contributed by atoms with Gasteiger partial charge in [0.1, 0.15) is 0 Å². The molecule has 0 fully saturated rings. The van der Waals surface area contributed by atoms with Gasteiger partial charge in [-0.2, -0.15) is 11.8 Å². The molecule has 0 aliphatic carbocycles. The van der Waals surface area contributed by atoms with E-state index >= 15 is 0 Å². The third-order valence-corrected chi connectivity index (χ3v) is 1.50. The van der Waals surface area contributed by atoms with Crippen LogP contribution in [0.4, 0.5) is 0 Å². The van der Waals surface area contributed by atoms with E-state index in [1.807, 2.05) is 11.8 Å². The Morgan fingerprint density at radius 2 is 2.14 bits per heavy atom. The van der Waals surface area contributed by atoms with Crippen molar-refractivity contribution >= 4 is 11.8 Å². The van der Waals surface area contributed by atoms with Gasteiger partial charge in [0.25, 0.3) is 0 Å². The van der Waals surface area contributed by atoms with Gasteiger partial charge in [-0.25, -0.2) is 0 Å². The van der Waals surface area contributed by atoms with Gasteiger partial charge in [-0.05, 0) is 12.2 Å². The van der Waals surface area contributed by atoms with Crippen LogP contribution >= 0.6 is 11.8 Å². The first kappa shape index (κ1) is 7.35. The summed E-state index contributed by atoms with van der Waals surface area (Å²) in [5.41, 5.74) is 0. The Bertz CT molecular complexity index is 23.4. The van der Waals surface area contributed by atoms with Crippen molar-refractivity contribution in [3.05, 3.63) is 5.75 Å². The molecule has 43 valence electrons. The second-order valence-corrected chi connectivity index (χ2v) is 2.65. The largest absolute Gasteiger partial charge is 0.158 e. The Hall–Kier alpha value is 0.350. The van der Waals surface area contributed by atoms with Gasteiger partial charge in [-0.15, -0.1) is 0 Å². The maximum absolute atomic E-state index is 2.28. The van der Waals surface area contributed by atoms with Crippen molar-refractivity contribution in [2.24, 2.45) is 0 Å². The molecule has 0 aromatic rings. The van der Waals surface area contributed by atoms with Gasteiger partial charge in [0.15, 0.2) is 0 Å². The molecule has 0 spiro atoms. The lowest BCUT2D eigenvalue weighted by molar-refractivity contribution is 0.944. The molecular formula is C6H13S. The van der Waals surface area contributed by atoms with Crippen LogP contribution in [-0.2, 0) is 0 Å². The molecule has 0 N–H and O–H groups in total. The smallest absolute Gasteiger partial charge is 0.0166 e. The molecule has 0 saturated heterocycles. The fraction of sp³-hybridized carbons (Fsp3) is 0.833. The summed E-state index contributed by atoms with van der Waals surface area (Å²) in [5.74, 6) is 3.50. The number of rotatable bonds is 4. The minimum absolute atomic E-state index is 1.22. The van der Waals surface area contributed by atoms with Gasteiger partial charge in [0.2, 0.25) is 0 Å². The summed E-state index contributed by atoms with van der Waals surface area (Å²) in [6.45, 7) is 4.38. The molecule has 0 aromatic heterocycles. The van der Waals surface area contributed by atoms with Crippen molar-refractivity contribution in [1.82, 2.24) is 0 Å². The van der Waals surface area contributed by atoms with Crippen molar-refractivity contribution in [3.63, 3.8) is 0 Å². The van der Waals surface area contributed by atoms with Crippen LogP contribution in [0.5, 0.6) is 0 Å². The van der Waals surface area contributed by atoms with E-state index in [0.29, 0.717) is 0 Å². The Labute approximate surface area is 50.7 Å². The average molecular weight is 117 g/mol. The summed E-state index contributed by atoms with van der Waals surface area (Å²) in [6.07, 6.45) is 2.55. The first-order valence-electron chi connectivity index (χ1n) is 2.85. The number of thioether (sulfide) groups is 1. The first-order chi connectivity index (χ1) is 3.41. The lowest BCUT2D eigenvalue weighted by atomic mass is 10.4. The number of hydrogen-bond acceptors (Lipinski definition) is 1. The maximum Gasteiger partial charge on any atom is 0.0166 e. The summed E-state index contributed by atoms with van der Waals surface area (Å²) in [7, 11) is 0. The summed E-state index contributed by atoms with van der Waals surface area (Å²) in [6, 6.07) is 0. The van der Waals surface area contributed by atoms with Crippen LogP contribution in [0.25, 0.3) is 0 Å². The van der Waals surface area contributed by atoms with E-state index in [1.165, 1.54) is 18.6 Å². The normalized spacial score (nSPS) is 9.43. The van der Waals surface area contributed by atoms with Crippen LogP contribution in [0, 0.1) is 5.75 Å². The number of hydrogen-bond donors (Lipinski definition) is 0. The van der Waals surface area contributed by atoms with Gasteiger partial charge in [0.05, 0.1) is 0 Å². The zero-order valence-electron chi connectivity index (χ0n) is 5.11. The van der Waals surface area contributed by atoms with Crippen molar-refractivity contribution in [2.45, 2.75) is 26.7 Å². The molecular weight excluding hydrogens is 104 g/mol. The van der Waals surface area contributed by atoms with Crippen LogP contribution in [0.2, 0.25) is 0 Å². The van der Waals surface area contributed by atoms with Gasteiger partial charge in [0, 0.05) is 5.75 Å². The third-order valence-electron chi connectivity index (χ3n) is 0.691. The van der Waals surface area contributed by atoms with Gasteiger partial charge < -0.3 is 0 Å². The SMILES string of the molecule is CCC[CH]SCC. The van der Waals surface area contributed by atoms with Crippen molar-refractivity contribution < 1.29 is 0 Å². The topological polar surface area (TPSA) is 0 Å². The van der Waals surface area contributed by atoms with E-state index in [2.05, 4.69) is 19.6 Å². The molecule has 0 heterocycles. The molecule has 0 bridgehead atoms. The predicted molar refractivity (Wildman–Crippen MR) is 37.3 cm³/mol. The lowest BCUT2D eigenvalue weighted by Crippen LogP contribution is -1.68. The van der Waals surface area contributed by atoms with Crippen molar-refractivity contribution in [3.8, 4) is 0 Å². The lowest BCUT2D eigenvalue weighted by Gasteiger charge is -1.90. The molecule has 1 heteroatoms. The summed E-state index contributed by atoms with van der Waals surface area (Å²) in [5, 5.41) is 0. The third kappa shape index (κ3) is 6.35. The molecule has 0 saturated carbocycles. The summed E-state index contributed by atoms with van der Waals surface area (Å²) in [4.78, 5) is 0. The second kappa shape index (κ2) is 6.35. The number of unbranched alkanes of at least 4 members (excludes halogenated alkanes) is 1. The van der Waals surface area contributed by atoms with Crippen molar-refractivity contribution in [2.75, 3.05) is 5.75 Å². The molecule has 0 unspecified atom stereocenters. The first-order valence-corrected chi connectivity index (χ1v) is 3.90. The van der Waals surface area contributed by atoms with Gasteiger partial charge in [-0.1, -0.05) is 20.3 Å². The monoisotopic (exact) mass is 117 g/mol. The quantitative estimate of drug-likeness (QED) is 0.510. The minimum Gasteiger partial charge on any atom is -0.158 e. The summed E-state index contributed by atoms with van der Waals surface area (Å²) < 4.78 is 0. The molecule has 0 aromatic carbocycles. The van der Waals surface area contributed by atoms with E-state index in [-0.39, 0.29) is 0 Å². The van der Waals surface area contributed by atoms with E-state index < -0.39 is 0 Å². The maximum atomic E-state index is 2.28. The standard InChI is InChI=1S/C6H13S/c1-3-5-6-7-4-2/h6H,3-5H2,1-2H3. The molecule has 0 aliphatic heterocycles. The van der Waals surface area contributed by atoms with E-state index in [0.717, 1.165) is 0 Å². The molecule has 7 heavy (non-hydrogen) atoms. The van der Waals surface area contributed by atoms with E-state index in [9.17, 15) is 0 Å². The average Bonchev–Trinajstić information content (AvgIpc) is 1.69. The van der Waals surface area contributed by atoms with Crippen LogP contribution in [0.15, 0.2) is 0 Å². The second-order valence-electron chi connectivity index (χ2n) is 1.41. The van der Waals surface area contributed by atoms with Crippen LogP contribution < -0.4 is 0 Å². The van der Waals surface area contributed by atoms with E-state index in [4.69, 9.17) is 0 Å². The highest BCUT2D eigenvalue weighted by atomic mass is 32.2. The van der Waals surface area contributed by atoms with E-state index in [1.54, 1.807) is 0 Å². The van der Waals surface area contributed by atoms with Crippen LogP contribution in [-0.4, -0.2) is 5.75 Å². The fourth-order valence-corrected chi connectivity index (χ4v) is 0.957. The highest BCUT2D eigenvalue weighted by Gasteiger charge is 1.80. The Morgan fingerprint density at radius 1 is 1.43 bits per heavy atom. The summed E-state index contributed by atoms with van der Waals surface area (Å²) >= 11 is 1.91. The fourth-order valence-electron chi connectivity index (χ4n) is 0.319. The molecule has 0 amide bonds. The Kier molecular flexibility index (Phi) is 6.67. The van der Waals surface area contributed by atoms with Gasteiger partial charge in [-0.3, -0.25) is 0 Å². The molecule has 0 rings (SSSR count). The Morgan fingerprint density at radius 3 is 2.57 bits per heavy atom. The van der Waals surface area contributed by atoms with Crippen LogP contribution in [0.3, 0.4) is 0 Å². The highest BCUT2D eigenvalue weighted by molar-refractivity contribution is 8.01. The van der Waals surface area contributed by atoms with Gasteiger partial charge >= 0.3 is 0 Å².